The van der Waals surface area contributed by atoms with E-state index in [1.165, 1.54) is 0 Å². The minimum atomic E-state index is -0.206. The van der Waals surface area contributed by atoms with Crippen molar-refractivity contribution in [1.29, 1.82) is 0 Å². The van der Waals surface area contributed by atoms with Crippen molar-refractivity contribution in [2.75, 3.05) is 46.9 Å². The van der Waals surface area contributed by atoms with E-state index >= 15 is 0 Å². The largest absolute Gasteiger partial charge is 0.394 e. The molecular weight excluding hydrogens is 196 g/mol. The maximum absolute atomic E-state index is 11.4. The molecule has 0 aliphatic carbocycles. The van der Waals surface area contributed by atoms with Gasteiger partial charge < -0.3 is 19.6 Å². The highest BCUT2D eigenvalue weighted by atomic mass is 16.5. The molecule has 5 nitrogen and oxygen atoms in total. The standard InChI is InChI=1S/C10H20N2O3/c1-11(2)4-3-5-12-6-9(7-13)15-8-10(12)14/h9,13H,3-8H2,1-2H3. The lowest BCUT2D eigenvalue weighted by Gasteiger charge is -2.32. The van der Waals surface area contributed by atoms with Crippen molar-refractivity contribution in [1.82, 2.24) is 9.80 Å². The van der Waals surface area contributed by atoms with Crippen LogP contribution >= 0.6 is 0 Å². The first-order valence-electron chi connectivity index (χ1n) is 5.28. The van der Waals surface area contributed by atoms with Crippen molar-refractivity contribution in [2.45, 2.75) is 12.5 Å². The number of hydrogen-bond donors (Lipinski definition) is 1. The molecule has 0 aromatic heterocycles. The third kappa shape index (κ3) is 4.15. The number of amides is 1. The molecule has 88 valence electrons. The number of nitrogens with zero attached hydrogens (tertiary/aromatic N) is 2. The van der Waals surface area contributed by atoms with Crippen LogP contribution in [0.5, 0.6) is 0 Å². The summed E-state index contributed by atoms with van der Waals surface area (Å²) in [4.78, 5) is 15.3. The first-order chi connectivity index (χ1) is 7.13. The van der Waals surface area contributed by atoms with Crippen molar-refractivity contribution in [3.8, 4) is 0 Å². The molecule has 0 aromatic carbocycles. The first kappa shape index (κ1) is 12.4. The molecule has 0 aromatic rings. The van der Waals surface area contributed by atoms with E-state index in [-0.39, 0.29) is 25.2 Å². The summed E-state index contributed by atoms with van der Waals surface area (Å²) in [6, 6.07) is 0. The molecule has 0 radical (unpaired) electrons. The van der Waals surface area contributed by atoms with Crippen LogP contribution in [0.25, 0.3) is 0 Å². The van der Waals surface area contributed by atoms with Gasteiger partial charge in [0.1, 0.15) is 6.61 Å². The van der Waals surface area contributed by atoms with Crippen LogP contribution in [0.4, 0.5) is 0 Å². The molecule has 5 heteroatoms. The molecule has 1 rings (SSSR count). The van der Waals surface area contributed by atoms with Gasteiger partial charge in [-0.1, -0.05) is 0 Å². The van der Waals surface area contributed by atoms with Crippen LogP contribution in [0.1, 0.15) is 6.42 Å². The highest BCUT2D eigenvalue weighted by Gasteiger charge is 2.24. The van der Waals surface area contributed by atoms with Gasteiger partial charge in [-0.3, -0.25) is 4.79 Å². The predicted octanol–water partition coefficient (Wildman–Crippen LogP) is -0.842. The summed E-state index contributed by atoms with van der Waals surface area (Å²) in [5.74, 6) is 0.0263. The summed E-state index contributed by atoms with van der Waals surface area (Å²) in [5, 5.41) is 8.94. The number of morpholine rings is 1. The highest BCUT2D eigenvalue weighted by molar-refractivity contribution is 5.78. The molecule has 1 aliphatic heterocycles. The monoisotopic (exact) mass is 216 g/mol. The van der Waals surface area contributed by atoms with Gasteiger partial charge in [0.25, 0.3) is 0 Å². The maximum Gasteiger partial charge on any atom is 0.248 e. The number of aliphatic hydroxyl groups excluding tert-OH is 1. The van der Waals surface area contributed by atoms with E-state index in [1.807, 2.05) is 14.1 Å². The molecule has 0 saturated carbocycles. The van der Waals surface area contributed by atoms with E-state index in [1.54, 1.807) is 4.90 Å². The van der Waals surface area contributed by atoms with Crippen LogP contribution in [0.15, 0.2) is 0 Å². The lowest BCUT2D eigenvalue weighted by Crippen LogP contribution is -2.48. The van der Waals surface area contributed by atoms with E-state index < -0.39 is 0 Å². The third-order valence-electron chi connectivity index (χ3n) is 2.46. The lowest BCUT2D eigenvalue weighted by molar-refractivity contribution is -0.151. The number of ether oxygens (including phenoxy) is 1. The second kappa shape index (κ2) is 6.05. The molecule has 1 N–H and O–H groups in total. The molecule has 1 heterocycles. The molecular formula is C10H20N2O3. The molecule has 15 heavy (non-hydrogen) atoms. The van der Waals surface area contributed by atoms with Gasteiger partial charge in [0.15, 0.2) is 0 Å². The molecule has 1 saturated heterocycles. The van der Waals surface area contributed by atoms with Crippen LogP contribution in [-0.4, -0.2) is 73.9 Å². The van der Waals surface area contributed by atoms with Crippen LogP contribution < -0.4 is 0 Å². The van der Waals surface area contributed by atoms with Gasteiger partial charge in [0.2, 0.25) is 5.91 Å². The zero-order chi connectivity index (χ0) is 11.3. The Morgan fingerprint density at radius 2 is 2.33 bits per heavy atom. The molecule has 1 amide bonds. The van der Waals surface area contributed by atoms with Crippen LogP contribution in [0.2, 0.25) is 0 Å². The average molecular weight is 216 g/mol. The van der Waals surface area contributed by atoms with Gasteiger partial charge in [-0.2, -0.15) is 0 Å². The zero-order valence-electron chi connectivity index (χ0n) is 9.48. The maximum atomic E-state index is 11.4. The minimum absolute atomic E-state index is 0.0164. The average Bonchev–Trinajstić information content (AvgIpc) is 2.20. The Labute approximate surface area is 90.6 Å². The van der Waals surface area contributed by atoms with Crippen LogP contribution in [0.3, 0.4) is 0 Å². The van der Waals surface area contributed by atoms with Crippen LogP contribution in [-0.2, 0) is 9.53 Å². The van der Waals surface area contributed by atoms with Gasteiger partial charge in [0, 0.05) is 13.1 Å². The Hall–Kier alpha value is -0.650. The molecule has 1 unspecified atom stereocenters. The van der Waals surface area contributed by atoms with E-state index in [0.717, 1.165) is 19.5 Å². The Morgan fingerprint density at radius 1 is 1.60 bits per heavy atom. The summed E-state index contributed by atoms with van der Waals surface area (Å²) in [6.45, 7) is 2.32. The molecule has 0 spiro atoms. The number of rotatable bonds is 5. The van der Waals surface area contributed by atoms with Crippen molar-refractivity contribution >= 4 is 5.91 Å². The Kier molecular flexibility index (Phi) is 5.01. The van der Waals surface area contributed by atoms with Gasteiger partial charge in [-0.05, 0) is 27.1 Å². The zero-order valence-corrected chi connectivity index (χ0v) is 9.48. The minimum Gasteiger partial charge on any atom is -0.394 e. The van der Waals surface area contributed by atoms with Crippen molar-refractivity contribution < 1.29 is 14.6 Å². The summed E-state index contributed by atoms with van der Waals surface area (Å²) in [7, 11) is 4.02. The lowest BCUT2D eigenvalue weighted by atomic mass is 10.2. The Bertz CT molecular complexity index is 209. The van der Waals surface area contributed by atoms with Gasteiger partial charge in [0.05, 0.1) is 12.7 Å². The van der Waals surface area contributed by atoms with E-state index in [2.05, 4.69) is 4.90 Å². The summed E-state index contributed by atoms with van der Waals surface area (Å²) in [5.41, 5.74) is 0. The quantitative estimate of drug-likeness (QED) is 0.651. The summed E-state index contributed by atoms with van der Waals surface area (Å²) < 4.78 is 5.15. The predicted molar refractivity (Wildman–Crippen MR) is 56.6 cm³/mol. The Morgan fingerprint density at radius 3 is 2.93 bits per heavy atom. The van der Waals surface area contributed by atoms with Gasteiger partial charge in [-0.25, -0.2) is 0 Å². The van der Waals surface area contributed by atoms with E-state index in [0.29, 0.717) is 6.54 Å². The van der Waals surface area contributed by atoms with Crippen molar-refractivity contribution in [2.24, 2.45) is 0 Å². The molecule has 1 aliphatic rings. The fourth-order valence-corrected chi connectivity index (χ4v) is 1.58. The second-order valence-corrected chi connectivity index (χ2v) is 4.11. The van der Waals surface area contributed by atoms with Crippen LogP contribution in [0, 0.1) is 0 Å². The van der Waals surface area contributed by atoms with Crippen molar-refractivity contribution in [3.05, 3.63) is 0 Å². The second-order valence-electron chi connectivity index (χ2n) is 4.11. The van der Waals surface area contributed by atoms with Gasteiger partial charge in [-0.15, -0.1) is 0 Å². The number of aliphatic hydroxyl groups is 1. The number of hydrogen-bond acceptors (Lipinski definition) is 4. The third-order valence-corrected chi connectivity index (χ3v) is 2.46. The smallest absolute Gasteiger partial charge is 0.248 e. The topological polar surface area (TPSA) is 53.0 Å². The SMILES string of the molecule is CN(C)CCCN1CC(CO)OCC1=O. The highest BCUT2D eigenvalue weighted by Crippen LogP contribution is 2.06. The first-order valence-corrected chi connectivity index (χ1v) is 5.28. The molecule has 1 fully saturated rings. The number of carbonyl (C=O) groups is 1. The molecule has 1 atom stereocenters. The van der Waals surface area contributed by atoms with Gasteiger partial charge >= 0.3 is 0 Å². The number of carbonyl (C=O) groups excluding carboxylic acids is 1. The fourth-order valence-electron chi connectivity index (χ4n) is 1.58. The summed E-state index contributed by atoms with van der Waals surface area (Å²) >= 11 is 0. The normalized spacial score (nSPS) is 22.5. The summed E-state index contributed by atoms with van der Waals surface area (Å²) in [6.07, 6.45) is 0.749. The van der Waals surface area contributed by atoms with E-state index in [9.17, 15) is 4.79 Å². The van der Waals surface area contributed by atoms with Crippen molar-refractivity contribution in [3.63, 3.8) is 0 Å². The molecule has 0 bridgehead atoms. The Balaban J connectivity index is 2.28. The fraction of sp³-hybridized carbons (Fsp3) is 0.900. The van der Waals surface area contributed by atoms with E-state index in [4.69, 9.17) is 9.84 Å².